The minimum atomic E-state index is 0.137. The van der Waals surface area contributed by atoms with E-state index in [4.69, 9.17) is 4.74 Å². The molecule has 5 nitrogen and oxygen atoms in total. The second-order valence-corrected chi connectivity index (χ2v) is 7.27. The Kier molecular flexibility index (Phi) is 5.60. The van der Waals surface area contributed by atoms with E-state index in [1.54, 1.807) is 6.20 Å². The predicted molar refractivity (Wildman–Crippen MR) is 111 cm³/mol. The van der Waals surface area contributed by atoms with E-state index in [1.807, 2.05) is 37.3 Å². The van der Waals surface area contributed by atoms with Crippen molar-refractivity contribution in [3.8, 4) is 5.75 Å². The Morgan fingerprint density at radius 3 is 2.37 bits per heavy atom. The highest BCUT2D eigenvalue weighted by Gasteiger charge is 2.13. The molecular weight excluding hydrogens is 336 g/mol. The first kappa shape index (κ1) is 18.7. The van der Waals surface area contributed by atoms with Crippen molar-refractivity contribution in [3.63, 3.8) is 0 Å². The number of hydrogen-bond donors (Lipinski definition) is 2. The van der Waals surface area contributed by atoms with Crippen LogP contribution in [-0.4, -0.2) is 16.6 Å². The number of aromatic nitrogens is 2. The fraction of sp³-hybridized carbons (Fsp3) is 0.273. The molecular formula is C22H26N4O. The van der Waals surface area contributed by atoms with Crippen molar-refractivity contribution in [2.75, 3.05) is 17.2 Å². The van der Waals surface area contributed by atoms with Crippen molar-refractivity contribution in [3.05, 3.63) is 66.4 Å². The van der Waals surface area contributed by atoms with Gasteiger partial charge in [-0.15, -0.1) is 0 Å². The van der Waals surface area contributed by atoms with Gasteiger partial charge in [0.05, 0.1) is 12.3 Å². The van der Waals surface area contributed by atoms with Gasteiger partial charge in [0.15, 0.2) is 0 Å². The maximum Gasteiger partial charge on any atom is 0.229 e. The molecule has 0 fully saturated rings. The van der Waals surface area contributed by atoms with Crippen LogP contribution >= 0.6 is 0 Å². The van der Waals surface area contributed by atoms with Crippen molar-refractivity contribution in [1.29, 1.82) is 0 Å². The minimum Gasteiger partial charge on any atom is -0.492 e. The molecule has 2 aromatic carbocycles. The van der Waals surface area contributed by atoms with Crippen LogP contribution in [0.1, 0.15) is 33.3 Å². The molecule has 2 N–H and O–H groups in total. The summed E-state index contributed by atoms with van der Waals surface area (Å²) >= 11 is 0. The molecule has 0 bridgehead atoms. The van der Waals surface area contributed by atoms with Crippen LogP contribution in [0.4, 0.5) is 23.1 Å². The Hall–Kier alpha value is -3.08. The standard InChI is InChI=1S/C22H26N4O/c1-5-27-19-9-7-6-8-18(19)25-21-23-15-14-20(26-21)24-17-12-10-16(11-13-17)22(2,3)4/h6-15H,5H2,1-4H3,(H2,23,24,25,26). The number of para-hydroxylation sites is 2. The first-order chi connectivity index (χ1) is 13.0. The molecule has 0 aliphatic heterocycles. The van der Waals surface area contributed by atoms with E-state index in [0.717, 1.165) is 22.9 Å². The largest absolute Gasteiger partial charge is 0.492 e. The Labute approximate surface area is 160 Å². The SMILES string of the molecule is CCOc1ccccc1Nc1nccc(Nc2ccc(C(C)(C)C)cc2)n1. The van der Waals surface area contributed by atoms with Gasteiger partial charge < -0.3 is 15.4 Å². The second kappa shape index (κ2) is 8.08. The van der Waals surface area contributed by atoms with Gasteiger partial charge >= 0.3 is 0 Å². The average molecular weight is 362 g/mol. The molecule has 0 saturated carbocycles. The first-order valence-corrected chi connectivity index (χ1v) is 9.15. The molecule has 1 heterocycles. The molecule has 0 amide bonds. The molecule has 3 aromatic rings. The fourth-order valence-electron chi connectivity index (χ4n) is 2.66. The molecule has 0 atom stereocenters. The third-order valence-corrected chi connectivity index (χ3v) is 4.11. The van der Waals surface area contributed by atoms with Crippen molar-refractivity contribution in [1.82, 2.24) is 9.97 Å². The summed E-state index contributed by atoms with van der Waals surface area (Å²) in [7, 11) is 0. The molecule has 0 saturated heterocycles. The average Bonchev–Trinajstić information content (AvgIpc) is 2.64. The summed E-state index contributed by atoms with van der Waals surface area (Å²) in [4.78, 5) is 8.85. The lowest BCUT2D eigenvalue weighted by Crippen LogP contribution is -2.10. The zero-order chi connectivity index (χ0) is 19.3. The van der Waals surface area contributed by atoms with Gasteiger partial charge in [0.1, 0.15) is 11.6 Å². The van der Waals surface area contributed by atoms with Gasteiger partial charge in [-0.2, -0.15) is 4.98 Å². The molecule has 3 rings (SSSR count). The number of nitrogens with zero attached hydrogens (tertiary/aromatic N) is 2. The fourth-order valence-corrected chi connectivity index (χ4v) is 2.66. The third-order valence-electron chi connectivity index (χ3n) is 4.11. The van der Waals surface area contributed by atoms with Crippen molar-refractivity contribution < 1.29 is 4.74 Å². The maximum atomic E-state index is 5.64. The second-order valence-electron chi connectivity index (χ2n) is 7.27. The van der Waals surface area contributed by atoms with Crippen LogP contribution in [0.2, 0.25) is 0 Å². The summed E-state index contributed by atoms with van der Waals surface area (Å²) < 4.78 is 5.64. The van der Waals surface area contributed by atoms with Crippen LogP contribution in [0.3, 0.4) is 0 Å². The topological polar surface area (TPSA) is 59.1 Å². The number of ether oxygens (including phenoxy) is 1. The van der Waals surface area contributed by atoms with Crippen LogP contribution < -0.4 is 15.4 Å². The van der Waals surface area contributed by atoms with Gasteiger partial charge in [0.25, 0.3) is 0 Å². The molecule has 27 heavy (non-hydrogen) atoms. The lowest BCUT2D eigenvalue weighted by Gasteiger charge is -2.19. The summed E-state index contributed by atoms with van der Waals surface area (Å²) in [6.07, 6.45) is 1.73. The monoisotopic (exact) mass is 362 g/mol. The van der Waals surface area contributed by atoms with Crippen LogP contribution in [0.5, 0.6) is 5.75 Å². The van der Waals surface area contributed by atoms with E-state index in [1.165, 1.54) is 5.56 Å². The third kappa shape index (κ3) is 4.97. The van der Waals surface area contributed by atoms with Gasteiger partial charge in [-0.25, -0.2) is 4.98 Å². The summed E-state index contributed by atoms with van der Waals surface area (Å²) in [5.41, 5.74) is 3.26. The zero-order valence-electron chi connectivity index (χ0n) is 16.3. The smallest absolute Gasteiger partial charge is 0.229 e. The molecule has 1 aromatic heterocycles. The van der Waals surface area contributed by atoms with Crippen molar-refractivity contribution in [2.45, 2.75) is 33.1 Å². The van der Waals surface area contributed by atoms with Crippen LogP contribution in [-0.2, 0) is 5.41 Å². The summed E-state index contributed by atoms with van der Waals surface area (Å²) in [6.45, 7) is 9.18. The van der Waals surface area contributed by atoms with E-state index >= 15 is 0 Å². The first-order valence-electron chi connectivity index (χ1n) is 9.15. The number of benzene rings is 2. The lowest BCUT2D eigenvalue weighted by atomic mass is 9.87. The van der Waals surface area contributed by atoms with Crippen LogP contribution in [0.15, 0.2) is 60.8 Å². The highest BCUT2D eigenvalue weighted by Crippen LogP contribution is 2.27. The Balaban J connectivity index is 1.74. The molecule has 140 valence electrons. The normalized spacial score (nSPS) is 11.1. The maximum absolute atomic E-state index is 5.64. The van der Waals surface area contributed by atoms with Gasteiger partial charge in [-0.3, -0.25) is 0 Å². The number of rotatable bonds is 6. The van der Waals surface area contributed by atoms with Gasteiger partial charge in [-0.1, -0.05) is 45.0 Å². The van der Waals surface area contributed by atoms with E-state index in [0.29, 0.717) is 12.6 Å². The number of nitrogens with one attached hydrogen (secondary N) is 2. The van der Waals surface area contributed by atoms with Crippen LogP contribution in [0, 0.1) is 0 Å². The van der Waals surface area contributed by atoms with E-state index in [9.17, 15) is 0 Å². The van der Waals surface area contributed by atoms with Gasteiger partial charge in [-0.05, 0) is 48.2 Å². The van der Waals surface area contributed by atoms with Gasteiger partial charge in [0, 0.05) is 11.9 Å². The Morgan fingerprint density at radius 1 is 0.926 bits per heavy atom. The van der Waals surface area contributed by atoms with Crippen LogP contribution in [0.25, 0.3) is 0 Å². The lowest BCUT2D eigenvalue weighted by molar-refractivity contribution is 0.342. The summed E-state index contributed by atoms with van der Waals surface area (Å²) in [6, 6.07) is 18.0. The van der Waals surface area contributed by atoms with Gasteiger partial charge in [0.2, 0.25) is 5.95 Å². The molecule has 0 aliphatic rings. The predicted octanol–water partition coefficient (Wildman–Crippen LogP) is 5.66. The molecule has 0 unspecified atom stereocenters. The molecule has 0 radical (unpaired) electrons. The van der Waals surface area contributed by atoms with E-state index < -0.39 is 0 Å². The van der Waals surface area contributed by atoms with Crippen molar-refractivity contribution >= 4 is 23.1 Å². The number of anilines is 4. The quantitative estimate of drug-likeness (QED) is 0.592. The zero-order valence-corrected chi connectivity index (χ0v) is 16.3. The van der Waals surface area contributed by atoms with E-state index in [2.05, 4.69) is 65.6 Å². The molecule has 5 heteroatoms. The molecule has 0 spiro atoms. The highest BCUT2D eigenvalue weighted by atomic mass is 16.5. The van der Waals surface area contributed by atoms with E-state index in [-0.39, 0.29) is 5.41 Å². The van der Waals surface area contributed by atoms with Crippen molar-refractivity contribution in [2.24, 2.45) is 0 Å². The molecule has 0 aliphatic carbocycles. The Bertz CT molecular complexity index is 885. The number of hydrogen-bond acceptors (Lipinski definition) is 5. The summed E-state index contributed by atoms with van der Waals surface area (Å²) in [5.74, 6) is 2.02. The minimum absolute atomic E-state index is 0.137. The Morgan fingerprint density at radius 2 is 1.67 bits per heavy atom. The highest BCUT2D eigenvalue weighted by molar-refractivity contribution is 5.64. The summed E-state index contributed by atoms with van der Waals surface area (Å²) in [5, 5.41) is 6.55.